The molecule has 0 saturated heterocycles. The van der Waals surface area contributed by atoms with Crippen LogP contribution in [0, 0.1) is 0 Å². The average molecular weight is 245 g/mol. The Kier molecular flexibility index (Phi) is 8.12. The molecule has 0 aromatic rings. The Hall–Kier alpha value is -0.650. The number of ether oxygens (including phenoxy) is 1. The van der Waals surface area contributed by atoms with Gasteiger partial charge in [0.2, 0.25) is 5.91 Å². The summed E-state index contributed by atoms with van der Waals surface area (Å²) < 4.78 is 5.09. The van der Waals surface area contributed by atoms with Crippen molar-refractivity contribution in [2.45, 2.75) is 45.3 Å². The van der Waals surface area contributed by atoms with E-state index in [1.807, 2.05) is 20.9 Å². The van der Waals surface area contributed by atoms with Gasteiger partial charge in [0.05, 0.1) is 12.6 Å². The highest BCUT2D eigenvalue weighted by atomic mass is 16.5. The predicted molar refractivity (Wildman–Crippen MR) is 69.8 cm³/mol. The molecule has 3 N–H and O–H groups in total. The van der Waals surface area contributed by atoms with Crippen molar-refractivity contribution in [1.82, 2.24) is 10.2 Å². The maximum absolute atomic E-state index is 11.3. The molecule has 0 rings (SSSR count). The Morgan fingerprint density at radius 2 is 2.00 bits per heavy atom. The fourth-order valence-electron chi connectivity index (χ4n) is 1.63. The number of nitrogens with one attached hydrogen (secondary N) is 1. The van der Waals surface area contributed by atoms with Gasteiger partial charge >= 0.3 is 0 Å². The van der Waals surface area contributed by atoms with Gasteiger partial charge in [-0.3, -0.25) is 4.79 Å². The lowest BCUT2D eigenvalue weighted by atomic mass is 10.1. The van der Waals surface area contributed by atoms with Crippen molar-refractivity contribution in [3.63, 3.8) is 0 Å². The van der Waals surface area contributed by atoms with Crippen LogP contribution in [-0.4, -0.2) is 56.2 Å². The van der Waals surface area contributed by atoms with Crippen LogP contribution in [0.15, 0.2) is 0 Å². The maximum atomic E-state index is 11.3. The minimum atomic E-state index is -0.286. The van der Waals surface area contributed by atoms with Crippen LogP contribution < -0.4 is 11.1 Å². The van der Waals surface area contributed by atoms with E-state index in [4.69, 9.17) is 10.5 Å². The summed E-state index contributed by atoms with van der Waals surface area (Å²) in [5, 5.41) is 3.17. The molecule has 0 aromatic heterocycles. The van der Waals surface area contributed by atoms with Crippen LogP contribution in [-0.2, 0) is 9.53 Å². The second-order valence-corrected chi connectivity index (χ2v) is 4.85. The summed E-state index contributed by atoms with van der Waals surface area (Å²) in [5.74, 6) is -0.286. The van der Waals surface area contributed by atoms with Crippen molar-refractivity contribution in [3.8, 4) is 0 Å². The van der Waals surface area contributed by atoms with Crippen molar-refractivity contribution in [2.75, 3.05) is 27.3 Å². The molecule has 2 atom stereocenters. The molecular formula is C12H27N3O2. The molecule has 0 aromatic carbocycles. The second-order valence-electron chi connectivity index (χ2n) is 4.85. The van der Waals surface area contributed by atoms with E-state index in [0.29, 0.717) is 12.6 Å². The standard InChI is InChI=1S/C12H27N3O2/c1-9(2)14-11(12(13)16)6-7-15(4)10(3)8-17-5/h9-11,14H,6-8H2,1-5H3,(H2,13,16). The van der Waals surface area contributed by atoms with E-state index in [0.717, 1.165) is 13.0 Å². The number of nitrogens with zero attached hydrogens (tertiary/aromatic N) is 1. The first-order valence-electron chi connectivity index (χ1n) is 6.13. The summed E-state index contributed by atoms with van der Waals surface area (Å²) in [7, 11) is 3.72. The molecule has 2 unspecified atom stereocenters. The molecule has 0 radical (unpaired) electrons. The van der Waals surface area contributed by atoms with E-state index in [1.54, 1.807) is 7.11 Å². The van der Waals surface area contributed by atoms with E-state index in [1.165, 1.54) is 0 Å². The van der Waals surface area contributed by atoms with Gasteiger partial charge in [-0.25, -0.2) is 0 Å². The number of hydrogen-bond donors (Lipinski definition) is 2. The normalized spacial score (nSPS) is 15.2. The van der Waals surface area contributed by atoms with E-state index in [9.17, 15) is 4.79 Å². The monoisotopic (exact) mass is 245 g/mol. The molecule has 5 nitrogen and oxygen atoms in total. The number of rotatable bonds is 9. The van der Waals surface area contributed by atoms with Crippen LogP contribution in [0.1, 0.15) is 27.2 Å². The van der Waals surface area contributed by atoms with Crippen LogP contribution in [0.5, 0.6) is 0 Å². The first-order chi connectivity index (χ1) is 7.88. The molecule has 102 valence electrons. The van der Waals surface area contributed by atoms with Gasteiger partial charge in [0.15, 0.2) is 0 Å². The number of carbonyl (C=O) groups excluding carboxylic acids is 1. The van der Waals surface area contributed by atoms with Gasteiger partial charge in [-0.2, -0.15) is 0 Å². The topological polar surface area (TPSA) is 67.6 Å². The Balaban J connectivity index is 4.07. The molecule has 1 amide bonds. The third-order valence-corrected chi connectivity index (χ3v) is 2.81. The first kappa shape index (κ1) is 16.4. The summed E-state index contributed by atoms with van der Waals surface area (Å²) >= 11 is 0. The zero-order chi connectivity index (χ0) is 13.4. The highest BCUT2D eigenvalue weighted by molar-refractivity contribution is 5.79. The smallest absolute Gasteiger partial charge is 0.234 e. The largest absolute Gasteiger partial charge is 0.383 e. The van der Waals surface area contributed by atoms with Gasteiger partial charge in [0, 0.05) is 25.7 Å². The first-order valence-corrected chi connectivity index (χ1v) is 6.13. The SMILES string of the molecule is COCC(C)N(C)CCC(NC(C)C)C(N)=O. The number of carbonyl (C=O) groups is 1. The molecule has 0 heterocycles. The minimum Gasteiger partial charge on any atom is -0.383 e. The average Bonchev–Trinajstić information content (AvgIpc) is 2.23. The minimum absolute atomic E-state index is 0.257. The number of primary amides is 1. The van der Waals surface area contributed by atoms with Crippen molar-refractivity contribution in [2.24, 2.45) is 5.73 Å². The fraction of sp³-hybridized carbons (Fsp3) is 0.917. The summed E-state index contributed by atoms with van der Waals surface area (Å²) in [5.41, 5.74) is 5.36. The molecule has 0 aliphatic carbocycles. The van der Waals surface area contributed by atoms with Crippen LogP contribution in [0.25, 0.3) is 0 Å². The van der Waals surface area contributed by atoms with Crippen molar-refractivity contribution in [1.29, 1.82) is 0 Å². The number of methoxy groups -OCH3 is 1. The highest BCUT2D eigenvalue weighted by Gasteiger charge is 2.18. The molecule has 5 heteroatoms. The predicted octanol–water partition coefficient (Wildman–Crippen LogP) is 0.195. The van der Waals surface area contributed by atoms with Crippen LogP contribution >= 0.6 is 0 Å². The van der Waals surface area contributed by atoms with Crippen molar-refractivity contribution < 1.29 is 9.53 Å². The lowest BCUT2D eigenvalue weighted by molar-refractivity contribution is -0.120. The van der Waals surface area contributed by atoms with E-state index >= 15 is 0 Å². The number of likely N-dealkylation sites (N-methyl/N-ethyl adjacent to an activating group) is 1. The highest BCUT2D eigenvalue weighted by Crippen LogP contribution is 2.01. The molecule has 0 fully saturated rings. The molecule has 0 bridgehead atoms. The molecule has 17 heavy (non-hydrogen) atoms. The van der Waals surface area contributed by atoms with E-state index < -0.39 is 0 Å². The van der Waals surface area contributed by atoms with Gasteiger partial charge in [0.1, 0.15) is 0 Å². The van der Waals surface area contributed by atoms with Crippen LogP contribution in [0.4, 0.5) is 0 Å². The summed E-state index contributed by atoms with van der Waals surface area (Å²) in [6, 6.07) is 0.342. The Bertz CT molecular complexity index is 222. The molecule has 0 saturated carbocycles. The molecular weight excluding hydrogens is 218 g/mol. The molecule has 0 aliphatic heterocycles. The molecule has 0 aliphatic rings. The zero-order valence-electron chi connectivity index (χ0n) is 11.7. The van der Waals surface area contributed by atoms with Crippen molar-refractivity contribution >= 4 is 5.91 Å². The lowest BCUT2D eigenvalue weighted by Gasteiger charge is -2.26. The Morgan fingerprint density at radius 1 is 1.41 bits per heavy atom. The zero-order valence-corrected chi connectivity index (χ0v) is 11.7. The van der Waals surface area contributed by atoms with Gasteiger partial charge in [0.25, 0.3) is 0 Å². The van der Waals surface area contributed by atoms with E-state index in [-0.39, 0.29) is 18.0 Å². The van der Waals surface area contributed by atoms with Gasteiger partial charge in [-0.15, -0.1) is 0 Å². The van der Waals surface area contributed by atoms with Crippen LogP contribution in [0.2, 0.25) is 0 Å². The summed E-state index contributed by atoms with van der Waals surface area (Å²) in [6.07, 6.45) is 0.720. The quantitative estimate of drug-likeness (QED) is 0.609. The van der Waals surface area contributed by atoms with E-state index in [2.05, 4.69) is 17.1 Å². The number of hydrogen-bond acceptors (Lipinski definition) is 4. The third kappa shape index (κ3) is 7.31. The summed E-state index contributed by atoms with van der Waals surface area (Å²) in [4.78, 5) is 13.4. The van der Waals surface area contributed by atoms with Crippen molar-refractivity contribution in [3.05, 3.63) is 0 Å². The fourth-order valence-corrected chi connectivity index (χ4v) is 1.63. The third-order valence-electron chi connectivity index (χ3n) is 2.81. The number of amides is 1. The maximum Gasteiger partial charge on any atom is 0.234 e. The van der Waals surface area contributed by atoms with Gasteiger partial charge < -0.3 is 20.7 Å². The Morgan fingerprint density at radius 3 is 2.41 bits per heavy atom. The Labute approximate surface area is 105 Å². The van der Waals surface area contributed by atoms with Gasteiger partial charge in [-0.1, -0.05) is 13.8 Å². The molecule has 0 spiro atoms. The van der Waals surface area contributed by atoms with Gasteiger partial charge in [-0.05, 0) is 20.4 Å². The van der Waals surface area contributed by atoms with Crippen LogP contribution in [0.3, 0.4) is 0 Å². The lowest BCUT2D eigenvalue weighted by Crippen LogP contribution is -2.47. The second kappa shape index (κ2) is 8.44. The number of nitrogens with two attached hydrogens (primary N) is 1. The summed E-state index contributed by atoms with van der Waals surface area (Å²) in [6.45, 7) is 7.62.